The van der Waals surface area contributed by atoms with E-state index >= 15 is 0 Å². The predicted molar refractivity (Wildman–Crippen MR) is 181 cm³/mol. The summed E-state index contributed by atoms with van der Waals surface area (Å²) < 4.78 is 37.0. The number of piperidine rings is 1. The maximum atomic E-state index is 14.0. The largest absolute Gasteiger partial charge is 0.370 e. The topological polar surface area (TPSA) is 44.0 Å². The highest BCUT2D eigenvalue weighted by atomic mass is 19.3. The van der Waals surface area contributed by atoms with Crippen molar-refractivity contribution in [1.82, 2.24) is 14.8 Å². The summed E-state index contributed by atoms with van der Waals surface area (Å²) in [7, 11) is 0. The van der Waals surface area contributed by atoms with Crippen LogP contribution in [0.5, 0.6) is 0 Å². The van der Waals surface area contributed by atoms with Gasteiger partial charge in [0.25, 0.3) is 12.0 Å². The Hall–Kier alpha value is -3.91. The lowest BCUT2D eigenvalue weighted by atomic mass is 9.80. The van der Waals surface area contributed by atoms with Crippen LogP contribution in [0.1, 0.15) is 75.1 Å². The van der Waals surface area contributed by atoms with E-state index in [1.54, 1.807) is 6.07 Å². The monoisotopic (exact) mass is 637 g/mol. The predicted octanol–water partition coefficient (Wildman–Crippen LogP) is 8.86. The third-order valence-electron chi connectivity index (χ3n) is 10.8. The fourth-order valence-electron chi connectivity index (χ4n) is 7.66. The smallest absolute Gasteiger partial charge is 0.291 e. The molecule has 3 aliphatic heterocycles. The molecule has 4 heterocycles. The molecule has 47 heavy (non-hydrogen) atoms. The first-order valence-corrected chi connectivity index (χ1v) is 16.9. The van der Waals surface area contributed by atoms with Crippen LogP contribution in [0.4, 0.5) is 14.5 Å². The Morgan fingerprint density at radius 1 is 1.06 bits per heavy atom. The molecule has 245 valence electrons. The number of aromatic nitrogens is 1. The summed E-state index contributed by atoms with van der Waals surface area (Å²) in [5.41, 5.74) is 7.90. The van der Waals surface area contributed by atoms with E-state index in [-0.39, 0.29) is 29.9 Å². The summed E-state index contributed by atoms with van der Waals surface area (Å²) in [4.78, 5) is 8.66. The Kier molecular flexibility index (Phi) is 8.27. The summed E-state index contributed by atoms with van der Waals surface area (Å²) in [5.74, 6) is -2.22. The van der Waals surface area contributed by atoms with Crippen molar-refractivity contribution in [3.05, 3.63) is 120 Å². The molecule has 8 heteroatoms. The zero-order valence-corrected chi connectivity index (χ0v) is 27.6. The summed E-state index contributed by atoms with van der Waals surface area (Å²) >= 11 is 0. The fraction of sp³-hybridized carbons (Fsp3) is 0.436. The van der Waals surface area contributed by atoms with Gasteiger partial charge >= 0.3 is 0 Å². The number of alkyl halides is 2. The van der Waals surface area contributed by atoms with Crippen molar-refractivity contribution in [1.29, 1.82) is 0 Å². The molecule has 2 unspecified atom stereocenters. The molecule has 0 amide bonds. The average Bonchev–Trinajstić information content (AvgIpc) is 3.31. The number of likely N-dealkylation sites (tertiary alicyclic amines) is 2. The van der Waals surface area contributed by atoms with Gasteiger partial charge in [-0.2, -0.15) is 8.78 Å². The van der Waals surface area contributed by atoms with E-state index in [0.29, 0.717) is 12.5 Å². The molecule has 2 aliphatic carbocycles. The van der Waals surface area contributed by atoms with Crippen LogP contribution in [0.2, 0.25) is 0 Å². The number of nitrogens with zero attached hydrogens (tertiary/aromatic N) is 5. The van der Waals surface area contributed by atoms with Crippen LogP contribution in [-0.2, 0) is 10.7 Å². The van der Waals surface area contributed by atoms with Crippen molar-refractivity contribution >= 4 is 11.4 Å². The zero-order valence-electron chi connectivity index (χ0n) is 27.6. The lowest BCUT2D eigenvalue weighted by Gasteiger charge is -2.42. The molecule has 6 nitrogen and oxygen atoms in total. The highest BCUT2D eigenvalue weighted by Crippen LogP contribution is 2.51. The molecule has 1 radical (unpaired) electrons. The van der Waals surface area contributed by atoms with Crippen LogP contribution in [-0.4, -0.2) is 57.4 Å². The van der Waals surface area contributed by atoms with E-state index < -0.39 is 5.92 Å². The van der Waals surface area contributed by atoms with Crippen LogP contribution < -0.4 is 0 Å². The molecular weight excluding hydrogens is 592 g/mol. The number of ether oxygens (including phenoxy) is 1. The molecule has 2 saturated heterocycles. The second kappa shape index (κ2) is 12.3. The molecule has 3 atom stereocenters. The van der Waals surface area contributed by atoms with Gasteiger partial charge in [0, 0.05) is 68.3 Å². The van der Waals surface area contributed by atoms with Gasteiger partial charge in [0.15, 0.2) is 0 Å². The van der Waals surface area contributed by atoms with Crippen LogP contribution in [0, 0.1) is 12.0 Å². The lowest BCUT2D eigenvalue weighted by molar-refractivity contribution is -0.487. The molecule has 1 saturated carbocycles. The zero-order chi connectivity index (χ0) is 33.0. The standard InChI is InChI=1S/C39H45F2N5O/c1-7-25(4)30-19-34-37-33(17-18-45(34)26(5)29-13-16-36(42-21-29)39(6,40)41)46(31-14-11-28(12-15-31)27-9-8-10-27)43-38(37)35(20-30)47-32-22-44(23-32)24(2)3/h7,11-16,21,27,30,32,34-35H,1-2,4-5,8-10,17-20,22-23H2,3,6H3/q+1/t30?,34?,35-/m0/s1. The summed E-state index contributed by atoms with van der Waals surface area (Å²) in [6.45, 7) is 22.3. The van der Waals surface area contributed by atoms with Crippen molar-refractivity contribution in [3.8, 4) is 0 Å². The van der Waals surface area contributed by atoms with Crippen LogP contribution in [0.25, 0.3) is 5.70 Å². The minimum absolute atomic E-state index is 0.0554. The van der Waals surface area contributed by atoms with E-state index in [2.05, 4.69) is 70.1 Å². The molecule has 0 spiro atoms. The van der Waals surface area contributed by atoms with Crippen LogP contribution in [0.3, 0.4) is 0 Å². The van der Waals surface area contributed by atoms with Gasteiger partial charge in [0.05, 0.1) is 17.7 Å². The van der Waals surface area contributed by atoms with Gasteiger partial charge in [0.2, 0.25) is 5.69 Å². The van der Waals surface area contributed by atoms with Gasteiger partial charge in [0.1, 0.15) is 17.5 Å². The van der Waals surface area contributed by atoms with Gasteiger partial charge in [-0.3, -0.25) is 4.98 Å². The Bertz CT molecular complexity index is 1640. The second-order valence-electron chi connectivity index (χ2n) is 13.9. The number of allylic oxidation sites excluding steroid dienone is 3. The number of rotatable bonds is 10. The first-order chi connectivity index (χ1) is 22.5. The third-order valence-corrected chi connectivity index (χ3v) is 10.8. The summed E-state index contributed by atoms with van der Waals surface area (Å²) in [6.07, 6.45) is 9.38. The highest BCUT2D eigenvalue weighted by Gasteiger charge is 2.54. The minimum atomic E-state index is -3.00. The average molecular weight is 638 g/mol. The van der Waals surface area contributed by atoms with Crippen molar-refractivity contribution in [2.75, 3.05) is 19.6 Å². The van der Waals surface area contributed by atoms with Crippen molar-refractivity contribution in [2.45, 2.75) is 82.5 Å². The molecule has 0 N–H and O–H groups in total. The lowest BCUT2D eigenvalue weighted by Crippen LogP contribution is -2.52. The number of halogens is 2. The van der Waals surface area contributed by atoms with Gasteiger partial charge in [-0.25, -0.2) is 0 Å². The Morgan fingerprint density at radius 2 is 1.81 bits per heavy atom. The number of hydrogen-bond acceptors (Lipinski definition) is 5. The molecule has 7 rings (SSSR count). The molecule has 5 aliphatic rings. The highest BCUT2D eigenvalue weighted by molar-refractivity contribution is 5.63. The Balaban J connectivity index is 1.25. The van der Waals surface area contributed by atoms with Gasteiger partial charge in [-0.1, -0.05) is 61.2 Å². The van der Waals surface area contributed by atoms with Crippen molar-refractivity contribution in [2.24, 2.45) is 11.0 Å². The maximum absolute atomic E-state index is 14.0. The third kappa shape index (κ3) is 5.90. The fourth-order valence-corrected chi connectivity index (χ4v) is 7.66. The molecular formula is C39H45F2N5O+. The maximum Gasteiger partial charge on any atom is 0.291 e. The van der Waals surface area contributed by atoms with Crippen LogP contribution in [0.15, 0.2) is 103 Å². The van der Waals surface area contributed by atoms with Gasteiger partial charge < -0.3 is 14.5 Å². The molecule has 2 aromatic rings. The SMILES string of the molecule is C=CC(=C)C1CC2C3=C(N=[N+](c4ccc(C5CCC5)cc4)[C]3CCN2C(=C)c2ccc(C(C)(F)F)nc2)[C@@H](OC2CN(C(=C)C)C2)C1. The number of pyridine rings is 1. The molecule has 1 aromatic carbocycles. The Morgan fingerprint density at radius 3 is 2.40 bits per heavy atom. The molecule has 0 bridgehead atoms. The summed E-state index contributed by atoms with van der Waals surface area (Å²) in [5, 5.41) is 5.38. The van der Waals surface area contributed by atoms with Crippen molar-refractivity contribution < 1.29 is 18.2 Å². The van der Waals surface area contributed by atoms with E-state index in [1.165, 1.54) is 48.7 Å². The second-order valence-corrected chi connectivity index (χ2v) is 13.9. The normalized spacial score (nSPS) is 25.0. The van der Waals surface area contributed by atoms with Gasteiger partial charge in [-0.05, 0) is 67.3 Å². The number of benzene rings is 1. The van der Waals surface area contributed by atoms with Crippen molar-refractivity contribution in [3.63, 3.8) is 0 Å². The summed E-state index contributed by atoms with van der Waals surface area (Å²) in [6, 6.07) is 13.2. The van der Waals surface area contributed by atoms with E-state index in [4.69, 9.17) is 9.85 Å². The quantitative estimate of drug-likeness (QED) is 0.193. The van der Waals surface area contributed by atoms with Crippen LogP contribution >= 0.6 is 0 Å². The van der Waals surface area contributed by atoms with E-state index in [0.717, 1.165) is 73.2 Å². The minimum Gasteiger partial charge on any atom is -0.370 e. The first kappa shape index (κ1) is 31.7. The number of azo groups is 2. The Labute approximate surface area is 277 Å². The molecule has 3 fully saturated rings. The van der Waals surface area contributed by atoms with E-state index in [1.807, 2.05) is 13.0 Å². The first-order valence-electron chi connectivity index (χ1n) is 16.9. The van der Waals surface area contributed by atoms with Gasteiger partial charge in [-0.15, -0.1) is 0 Å². The van der Waals surface area contributed by atoms with E-state index in [9.17, 15) is 8.78 Å². The molecule has 1 aromatic heterocycles. The number of hydrogen-bond donors (Lipinski definition) is 0.